The third kappa shape index (κ3) is 5.17. The predicted octanol–water partition coefficient (Wildman–Crippen LogP) is 1.37. The van der Waals surface area contributed by atoms with E-state index in [0.29, 0.717) is 31.5 Å². The van der Waals surface area contributed by atoms with Crippen LogP contribution in [-0.2, 0) is 4.79 Å². The summed E-state index contributed by atoms with van der Waals surface area (Å²) in [6, 6.07) is 3.97. The Balaban J connectivity index is 1.68. The number of hydrogen-bond donors (Lipinski definition) is 3. The number of piperidine rings is 1. The standard InChI is InChI=1S/C17H22FN3O4/c1-11-2-3-13(10-14(11)18)15(22)19-6-7-20-17(25)21-8-4-12(5-9-21)16(23)24/h2-3,10,12H,4-9H2,1H3,(H,19,22)(H,20,25)(H,23,24). The number of nitrogens with zero attached hydrogens (tertiary/aromatic N) is 1. The average molecular weight is 351 g/mol. The summed E-state index contributed by atoms with van der Waals surface area (Å²) in [6.45, 7) is 2.87. The van der Waals surface area contributed by atoms with Gasteiger partial charge in [-0.15, -0.1) is 0 Å². The first-order valence-corrected chi connectivity index (χ1v) is 8.18. The first kappa shape index (κ1) is 18.7. The third-order valence-corrected chi connectivity index (χ3v) is 4.25. The van der Waals surface area contributed by atoms with E-state index in [1.807, 2.05) is 0 Å². The Kier molecular flexibility index (Phi) is 6.32. The van der Waals surface area contributed by atoms with Crippen LogP contribution in [0, 0.1) is 18.7 Å². The van der Waals surface area contributed by atoms with Gasteiger partial charge in [0, 0.05) is 31.7 Å². The molecule has 3 amide bonds. The van der Waals surface area contributed by atoms with Gasteiger partial charge in [-0.2, -0.15) is 0 Å². The van der Waals surface area contributed by atoms with Crippen molar-refractivity contribution in [2.45, 2.75) is 19.8 Å². The fourth-order valence-electron chi connectivity index (χ4n) is 2.62. The van der Waals surface area contributed by atoms with Crippen molar-refractivity contribution >= 4 is 17.9 Å². The van der Waals surface area contributed by atoms with Crippen LogP contribution in [0.15, 0.2) is 18.2 Å². The van der Waals surface area contributed by atoms with Crippen molar-refractivity contribution in [3.05, 3.63) is 35.1 Å². The van der Waals surface area contributed by atoms with Crippen LogP contribution in [-0.4, -0.2) is 54.1 Å². The minimum atomic E-state index is -0.824. The van der Waals surface area contributed by atoms with Crippen LogP contribution in [0.3, 0.4) is 0 Å². The summed E-state index contributed by atoms with van der Waals surface area (Å²) in [7, 11) is 0. The van der Waals surface area contributed by atoms with Gasteiger partial charge in [0.25, 0.3) is 5.91 Å². The van der Waals surface area contributed by atoms with E-state index in [1.54, 1.807) is 17.9 Å². The number of amides is 3. The number of likely N-dealkylation sites (tertiary alicyclic amines) is 1. The SMILES string of the molecule is Cc1ccc(C(=O)NCCNC(=O)N2CCC(C(=O)O)CC2)cc1F. The van der Waals surface area contributed by atoms with E-state index in [1.165, 1.54) is 12.1 Å². The zero-order valence-corrected chi connectivity index (χ0v) is 14.0. The molecule has 0 aliphatic carbocycles. The molecule has 1 heterocycles. The van der Waals surface area contributed by atoms with Crippen molar-refractivity contribution in [1.29, 1.82) is 0 Å². The van der Waals surface area contributed by atoms with Crippen molar-refractivity contribution in [3.63, 3.8) is 0 Å². The highest BCUT2D eigenvalue weighted by atomic mass is 19.1. The summed E-state index contributed by atoms with van der Waals surface area (Å²) in [6.07, 6.45) is 0.886. The smallest absolute Gasteiger partial charge is 0.317 e. The van der Waals surface area contributed by atoms with Gasteiger partial charge in [-0.25, -0.2) is 9.18 Å². The maximum atomic E-state index is 13.4. The Bertz CT molecular complexity index is 657. The Morgan fingerprint density at radius 2 is 1.84 bits per heavy atom. The zero-order chi connectivity index (χ0) is 18.4. The molecule has 2 rings (SSSR count). The van der Waals surface area contributed by atoms with Gasteiger partial charge in [-0.05, 0) is 37.5 Å². The number of nitrogens with one attached hydrogen (secondary N) is 2. The molecule has 3 N–H and O–H groups in total. The lowest BCUT2D eigenvalue weighted by Crippen LogP contribution is -2.47. The summed E-state index contributed by atoms with van der Waals surface area (Å²) in [5, 5.41) is 14.2. The number of rotatable bonds is 5. The van der Waals surface area contributed by atoms with E-state index < -0.39 is 23.6 Å². The second-order valence-electron chi connectivity index (χ2n) is 6.05. The lowest BCUT2D eigenvalue weighted by molar-refractivity contribution is -0.143. The van der Waals surface area contributed by atoms with E-state index in [4.69, 9.17) is 5.11 Å². The van der Waals surface area contributed by atoms with Crippen molar-refractivity contribution in [2.75, 3.05) is 26.2 Å². The quantitative estimate of drug-likeness (QED) is 0.698. The van der Waals surface area contributed by atoms with Gasteiger partial charge in [-0.1, -0.05) is 6.07 Å². The molecule has 1 aromatic carbocycles. The molecule has 136 valence electrons. The Morgan fingerprint density at radius 3 is 2.44 bits per heavy atom. The molecule has 0 spiro atoms. The van der Waals surface area contributed by atoms with Crippen LogP contribution in [0.25, 0.3) is 0 Å². The van der Waals surface area contributed by atoms with E-state index >= 15 is 0 Å². The van der Waals surface area contributed by atoms with Crippen LogP contribution in [0.4, 0.5) is 9.18 Å². The molecule has 1 aliphatic rings. The van der Waals surface area contributed by atoms with E-state index in [9.17, 15) is 18.8 Å². The molecular formula is C17H22FN3O4. The van der Waals surface area contributed by atoms with Gasteiger partial charge < -0.3 is 20.6 Å². The summed E-state index contributed by atoms with van der Waals surface area (Å²) >= 11 is 0. The number of aliphatic carboxylic acids is 1. The Labute approximate surface area is 145 Å². The summed E-state index contributed by atoms with van der Waals surface area (Å²) in [5.41, 5.74) is 0.695. The molecule has 1 fully saturated rings. The van der Waals surface area contributed by atoms with Crippen LogP contribution in [0.2, 0.25) is 0 Å². The molecule has 1 saturated heterocycles. The van der Waals surface area contributed by atoms with Crippen molar-refractivity contribution in [2.24, 2.45) is 5.92 Å². The first-order valence-electron chi connectivity index (χ1n) is 8.18. The van der Waals surface area contributed by atoms with Crippen LogP contribution in [0.5, 0.6) is 0 Å². The molecule has 0 radical (unpaired) electrons. The fourth-order valence-corrected chi connectivity index (χ4v) is 2.62. The van der Waals surface area contributed by atoms with Crippen molar-refractivity contribution < 1.29 is 23.9 Å². The number of urea groups is 1. The van der Waals surface area contributed by atoms with Gasteiger partial charge in [-0.3, -0.25) is 9.59 Å². The first-order chi connectivity index (χ1) is 11.9. The molecule has 1 aromatic rings. The van der Waals surface area contributed by atoms with Gasteiger partial charge in [0.2, 0.25) is 0 Å². The molecule has 7 nitrogen and oxygen atoms in total. The maximum absolute atomic E-state index is 13.4. The number of halogens is 1. The predicted molar refractivity (Wildman–Crippen MR) is 88.8 cm³/mol. The highest BCUT2D eigenvalue weighted by Crippen LogP contribution is 2.17. The number of carboxylic acids is 1. The molecule has 0 saturated carbocycles. The van der Waals surface area contributed by atoms with Crippen LogP contribution >= 0.6 is 0 Å². The van der Waals surface area contributed by atoms with Gasteiger partial charge >= 0.3 is 12.0 Å². The van der Waals surface area contributed by atoms with Crippen LogP contribution < -0.4 is 10.6 Å². The number of aryl methyl sites for hydroxylation is 1. The largest absolute Gasteiger partial charge is 0.481 e. The van der Waals surface area contributed by atoms with E-state index in [-0.39, 0.29) is 24.7 Å². The van der Waals surface area contributed by atoms with Gasteiger partial charge in [0.1, 0.15) is 5.82 Å². The molecular weight excluding hydrogens is 329 g/mol. The maximum Gasteiger partial charge on any atom is 0.317 e. The minimum Gasteiger partial charge on any atom is -0.481 e. The monoisotopic (exact) mass is 351 g/mol. The van der Waals surface area contributed by atoms with Crippen molar-refractivity contribution in [3.8, 4) is 0 Å². The third-order valence-electron chi connectivity index (χ3n) is 4.25. The highest BCUT2D eigenvalue weighted by molar-refractivity contribution is 5.94. The average Bonchev–Trinajstić information content (AvgIpc) is 2.60. The summed E-state index contributed by atoms with van der Waals surface area (Å²) < 4.78 is 13.4. The minimum absolute atomic E-state index is 0.214. The molecule has 8 heteroatoms. The van der Waals surface area contributed by atoms with E-state index in [2.05, 4.69) is 10.6 Å². The molecule has 0 unspecified atom stereocenters. The van der Waals surface area contributed by atoms with Crippen LogP contribution in [0.1, 0.15) is 28.8 Å². The summed E-state index contributed by atoms with van der Waals surface area (Å²) in [4.78, 5) is 36.3. The summed E-state index contributed by atoms with van der Waals surface area (Å²) in [5.74, 6) is -2.06. The number of carboxylic acid groups (broad SMARTS) is 1. The Hall–Kier alpha value is -2.64. The lowest BCUT2D eigenvalue weighted by Gasteiger charge is -2.30. The number of hydrogen-bond acceptors (Lipinski definition) is 3. The lowest BCUT2D eigenvalue weighted by atomic mass is 9.97. The van der Waals surface area contributed by atoms with Gasteiger partial charge in [0.15, 0.2) is 0 Å². The molecule has 0 atom stereocenters. The molecule has 1 aliphatic heterocycles. The highest BCUT2D eigenvalue weighted by Gasteiger charge is 2.26. The Morgan fingerprint density at radius 1 is 1.20 bits per heavy atom. The topological polar surface area (TPSA) is 98.7 Å². The second-order valence-corrected chi connectivity index (χ2v) is 6.05. The number of benzene rings is 1. The fraction of sp³-hybridized carbons (Fsp3) is 0.471. The molecule has 25 heavy (non-hydrogen) atoms. The molecule has 0 bridgehead atoms. The number of carbonyl (C=O) groups is 3. The van der Waals surface area contributed by atoms with Crippen molar-refractivity contribution in [1.82, 2.24) is 15.5 Å². The van der Waals surface area contributed by atoms with E-state index in [0.717, 1.165) is 0 Å². The number of carbonyl (C=O) groups excluding carboxylic acids is 2. The molecule has 0 aromatic heterocycles. The second kappa shape index (κ2) is 8.46. The normalized spacial score (nSPS) is 14.9. The zero-order valence-electron chi connectivity index (χ0n) is 14.0. The van der Waals surface area contributed by atoms with Gasteiger partial charge in [0.05, 0.1) is 5.92 Å².